The summed E-state index contributed by atoms with van der Waals surface area (Å²) in [6, 6.07) is 68.3. The van der Waals surface area contributed by atoms with Crippen LogP contribution in [-0.2, 0) is 5.41 Å². The Morgan fingerprint density at radius 2 is 0.922 bits per heavy atom. The van der Waals surface area contributed by atoms with Crippen LogP contribution in [0.5, 0.6) is 11.5 Å². The molecule has 0 amide bonds. The molecule has 0 fully saturated rings. The molecule has 0 saturated heterocycles. The summed E-state index contributed by atoms with van der Waals surface area (Å²) in [5.41, 5.74) is 15.0. The highest BCUT2D eigenvalue weighted by molar-refractivity contribution is 6.12. The predicted octanol–water partition coefficient (Wildman–Crippen LogP) is 12.6. The third-order valence-corrected chi connectivity index (χ3v) is 11.0. The number of ether oxygens (including phenoxy) is 1. The Morgan fingerprint density at radius 1 is 0.353 bits per heavy atom. The lowest BCUT2D eigenvalue weighted by atomic mass is 9.61. The van der Waals surface area contributed by atoms with Crippen LogP contribution in [0.2, 0.25) is 0 Å². The Morgan fingerprint density at radius 3 is 1.69 bits per heavy atom. The van der Waals surface area contributed by atoms with Crippen LogP contribution in [0, 0.1) is 0 Å². The molecule has 0 saturated carbocycles. The number of nitrogens with zero attached hydrogens (tertiary/aromatic N) is 1. The van der Waals surface area contributed by atoms with E-state index in [0.717, 1.165) is 28.2 Å². The quantitative estimate of drug-likeness (QED) is 0.186. The van der Waals surface area contributed by atoms with Gasteiger partial charge in [-0.3, -0.25) is 0 Å². The molecule has 2 heteroatoms. The molecule has 0 radical (unpaired) electrons. The molecule has 0 N–H and O–H groups in total. The summed E-state index contributed by atoms with van der Waals surface area (Å²) in [4.78, 5) is 0. The van der Waals surface area contributed by atoms with Crippen LogP contribution >= 0.6 is 0 Å². The fraction of sp³-hybridized carbons (Fsp3) is 0.0204. The SMILES string of the molecule is c1ccc(-c2cc(-c3ccccc3)cc(-c3ccc4c(c3)Oc3ccccc3C43c4ccccc4-n4c5ccccc5c5cccc3c54)c2)cc1. The van der Waals surface area contributed by atoms with Crippen LogP contribution < -0.4 is 4.74 Å². The van der Waals surface area contributed by atoms with Crippen molar-refractivity contribution in [3.8, 4) is 50.6 Å². The van der Waals surface area contributed by atoms with Gasteiger partial charge in [-0.25, -0.2) is 0 Å². The van der Waals surface area contributed by atoms with E-state index in [0.29, 0.717) is 0 Å². The molecule has 238 valence electrons. The average Bonchev–Trinajstić information content (AvgIpc) is 3.55. The number of benzene rings is 8. The summed E-state index contributed by atoms with van der Waals surface area (Å²) in [6.45, 7) is 0. The van der Waals surface area contributed by atoms with E-state index >= 15 is 0 Å². The highest BCUT2D eigenvalue weighted by Crippen LogP contribution is 2.60. The molecule has 11 rings (SSSR count). The second-order valence-corrected chi connectivity index (χ2v) is 13.7. The third kappa shape index (κ3) is 3.93. The van der Waals surface area contributed by atoms with Crippen LogP contribution in [-0.4, -0.2) is 4.57 Å². The minimum Gasteiger partial charge on any atom is -0.457 e. The van der Waals surface area contributed by atoms with E-state index in [1.54, 1.807) is 0 Å². The van der Waals surface area contributed by atoms with Gasteiger partial charge >= 0.3 is 0 Å². The highest BCUT2D eigenvalue weighted by atomic mass is 16.5. The topological polar surface area (TPSA) is 14.2 Å². The van der Waals surface area contributed by atoms with E-state index in [1.807, 2.05) is 0 Å². The maximum Gasteiger partial charge on any atom is 0.132 e. The lowest BCUT2D eigenvalue weighted by Gasteiger charge is -2.45. The van der Waals surface area contributed by atoms with Gasteiger partial charge in [-0.2, -0.15) is 0 Å². The molecule has 0 aliphatic carbocycles. The fourth-order valence-electron chi connectivity index (χ4n) is 8.90. The van der Waals surface area contributed by atoms with Crippen molar-refractivity contribution in [3.05, 3.63) is 210 Å². The molecule has 3 heterocycles. The zero-order valence-corrected chi connectivity index (χ0v) is 27.8. The predicted molar refractivity (Wildman–Crippen MR) is 209 cm³/mol. The van der Waals surface area contributed by atoms with Gasteiger partial charge in [0.1, 0.15) is 11.5 Å². The molecule has 0 bridgehead atoms. The Hall–Kier alpha value is -6.64. The largest absolute Gasteiger partial charge is 0.457 e. The van der Waals surface area contributed by atoms with Gasteiger partial charge in [0.25, 0.3) is 0 Å². The van der Waals surface area contributed by atoms with Crippen molar-refractivity contribution >= 4 is 21.8 Å². The van der Waals surface area contributed by atoms with Crippen molar-refractivity contribution in [3.63, 3.8) is 0 Å². The van der Waals surface area contributed by atoms with E-state index in [2.05, 4.69) is 193 Å². The van der Waals surface area contributed by atoms with Gasteiger partial charge in [0.05, 0.1) is 22.1 Å². The number of rotatable bonds is 3. The minimum absolute atomic E-state index is 0.579. The van der Waals surface area contributed by atoms with Crippen molar-refractivity contribution in [2.45, 2.75) is 5.41 Å². The van der Waals surface area contributed by atoms with Gasteiger partial charge in [0, 0.05) is 21.9 Å². The Labute approximate surface area is 296 Å². The maximum atomic E-state index is 6.95. The number of hydrogen-bond acceptors (Lipinski definition) is 1. The van der Waals surface area contributed by atoms with Crippen LogP contribution in [0.4, 0.5) is 0 Å². The van der Waals surface area contributed by atoms with Gasteiger partial charge in [-0.1, -0.05) is 146 Å². The molecule has 51 heavy (non-hydrogen) atoms. The van der Waals surface area contributed by atoms with Crippen molar-refractivity contribution in [2.24, 2.45) is 0 Å². The first kappa shape index (κ1) is 28.2. The zero-order chi connectivity index (χ0) is 33.5. The van der Waals surface area contributed by atoms with E-state index in [4.69, 9.17) is 4.74 Å². The third-order valence-electron chi connectivity index (χ3n) is 11.0. The number of hydrogen-bond donors (Lipinski definition) is 0. The van der Waals surface area contributed by atoms with Crippen LogP contribution in [0.25, 0.3) is 60.9 Å². The summed E-state index contributed by atoms with van der Waals surface area (Å²) >= 11 is 0. The second-order valence-electron chi connectivity index (χ2n) is 13.7. The molecular weight excluding hydrogens is 619 g/mol. The fourth-order valence-corrected chi connectivity index (χ4v) is 8.90. The Kier molecular flexibility index (Phi) is 5.91. The summed E-state index contributed by atoms with van der Waals surface area (Å²) in [5.74, 6) is 1.77. The van der Waals surface area contributed by atoms with Crippen LogP contribution in [0.1, 0.15) is 22.3 Å². The Balaban J connectivity index is 1.20. The van der Waals surface area contributed by atoms with Crippen molar-refractivity contribution in [1.29, 1.82) is 0 Å². The van der Waals surface area contributed by atoms with Crippen molar-refractivity contribution in [2.75, 3.05) is 0 Å². The molecular formula is C49H31NO. The monoisotopic (exact) mass is 649 g/mol. The van der Waals surface area contributed by atoms with E-state index < -0.39 is 5.41 Å². The second kappa shape index (κ2) is 10.7. The summed E-state index contributed by atoms with van der Waals surface area (Å²) in [5, 5.41) is 2.54. The molecule has 1 atom stereocenters. The molecule has 2 aliphatic rings. The van der Waals surface area contributed by atoms with E-state index in [1.165, 1.54) is 66.4 Å². The molecule has 2 nitrogen and oxygen atoms in total. The van der Waals surface area contributed by atoms with Crippen LogP contribution in [0.3, 0.4) is 0 Å². The van der Waals surface area contributed by atoms with Gasteiger partial charge in [0.2, 0.25) is 0 Å². The minimum atomic E-state index is -0.579. The lowest BCUT2D eigenvalue weighted by Crippen LogP contribution is -2.37. The molecule has 1 unspecified atom stereocenters. The van der Waals surface area contributed by atoms with Crippen molar-refractivity contribution in [1.82, 2.24) is 4.57 Å². The molecule has 2 aliphatic heterocycles. The van der Waals surface area contributed by atoms with Crippen LogP contribution in [0.15, 0.2) is 188 Å². The summed E-state index contributed by atoms with van der Waals surface area (Å²) in [7, 11) is 0. The maximum absolute atomic E-state index is 6.95. The first-order valence-corrected chi connectivity index (χ1v) is 17.6. The smallest absolute Gasteiger partial charge is 0.132 e. The highest BCUT2D eigenvalue weighted by Gasteiger charge is 2.50. The first-order chi connectivity index (χ1) is 25.3. The zero-order valence-electron chi connectivity index (χ0n) is 27.8. The number of fused-ring (bicyclic) bond motifs is 11. The Bertz CT molecular complexity index is 2770. The van der Waals surface area contributed by atoms with E-state index in [-0.39, 0.29) is 0 Å². The molecule has 8 aromatic carbocycles. The lowest BCUT2D eigenvalue weighted by molar-refractivity contribution is 0.434. The van der Waals surface area contributed by atoms with Gasteiger partial charge in [0.15, 0.2) is 0 Å². The average molecular weight is 650 g/mol. The van der Waals surface area contributed by atoms with Gasteiger partial charge in [-0.05, 0) is 87.0 Å². The van der Waals surface area contributed by atoms with Gasteiger partial charge in [-0.15, -0.1) is 0 Å². The standard InChI is InChI=1S/C49H31NO/c1-3-14-32(15-4-1)35-28-36(33-16-5-2-6-17-33)30-37(29-35)34-26-27-42-47(31-34)51-46-25-12-9-21-41(46)49(42)40-20-8-11-24-45(40)50-44-23-10-7-18-38(44)39-19-13-22-43(49)48(39)50/h1-31H. The summed E-state index contributed by atoms with van der Waals surface area (Å²) < 4.78 is 9.43. The number of para-hydroxylation sites is 4. The molecule has 1 spiro atoms. The summed E-state index contributed by atoms with van der Waals surface area (Å²) in [6.07, 6.45) is 0. The van der Waals surface area contributed by atoms with Crippen molar-refractivity contribution < 1.29 is 4.74 Å². The normalized spacial score (nSPS) is 15.3. The van der Waals surface area contributed by atoms with E-state index in [9.17, 15) is 0 Å². The number of aromatic nitrogens is 1. The van der Waals surface area contributed by atoms with Gasteiger partial charge < -0.3 is 9.30 Å². The molecule has 1 aromatic heterocycles. The molecule has 9 aromatic rings. The first-order valence-electron chi connectivity index (χ1n) is 17.6.